The number of halogens is 1. The summed E-state index contributed by atoms with van der Waals surface area (Å²) < 4.78 is 0. The van der Waals surface area contributed by atoms with Crippen LogP contribution in [0.4, 0.5) is 0 Å². The molecule has 2 unspecified atom stereocenters. The minimum absolute atomic E-state index is 0.00710. The SMILES string of the molecule is CC(C)C(CO)[C@@](C)(N)c1ccc([C@@H]2CC2C(C)(C)C)c(Cl)c1. The maximum atomic E-state index is 9.73. The van der Waals surface area contributed by atoms with Gasteiger partial charge in [0.05, 0.1) is 0 Å². The lowest BCUT2D eigenvalue weighted by Gasteiger charge is -2.36. The van der Waals surface area contributed by atoms with Crippen molar-refractivity contribution >= 4 is 11.6 Å². The molecule has 0 spiro atoms. The average molecular weight is 338 g/mol. The lowest BCUT2D eigenvalue weighted by Crippen LogP contribution is -2.45. The van der Waals surface area contributed by atoms with Gasteiger partial charge in [-0.1, -0.05) is 58.4 Å². The Bertz CT molecular complexity index is 559. The third kappa shape index (κ3) is 3.75. The molecule has 0 heterocycles. The summed E-state index contributed by atoms with van der Waals surface area (Å²) >= 11 is 6.60. The van der Waals surface area contributed by atoms with Crippen molar-refractivity contribution < 1.29 is 5.11 Å². The molecule has 3 N–H and O–H groups in total. The van der Waals surface area contributed by atoms with Gasteiger partial charge in [-0.25, -0.2) is 0 Å². The normalized spacial score (nSPS) is 25.3. The molecule has 2 nitrogen and oxygen atoms in total. The molecule has 0 saturated heterocycles. The van der Waals surface area contributed by atoms with Crippen LogP contribution in [-0.4, -0.2) is 11.7 Å². The molecule has 0 bridgehead atoms. The number of hydrogen-bond donors (Lipinski definition) is 2. The lowest BCUT2D eigenvalue weighted by atomic mass is 9.75. The first-order valence-electron chi connectivity index (χ1n) is 8.69. The fourth-order valence-corrected chi connectivity index (χ4v) is 4.29. The second-order valence-corrected chi connectivity index (χ2v) is 9.27. The van der Waals surface area contributed by atoms with Crippen LogP contribution in [0, 0.1) is 23.2 Å². The van der Waals surface area contributed by atoms with Gasteiger partial charge in [0.25, 0.3) is 0 Å². The van der Waals surface area contributed by atoms with Gasteiger partial charge in [-0.15, -0.1) is 0 Å². The highest BCUT2D eigenvalue weighted by molar-refractivity contribution is 6.31. The van der Waals surface area contributed by atoms with Crippen molar-refractivity contribution in [1.29, 1.82) is 0 Å². The molecule has 1 aromatic rings. The minimum atomic E-state index is -0.585. The van der Waals surface area contributed by atoms with Crippen LogP contribution < -0.4 is 5.73 Å². The number of rotatable bonds is 5. The standard InChI is InChI=1S/C20H32ClNO/c1-12(2)17(11-23)20(6,22)13-7-8-14(18(21)9-13)15-10-16(15)19(3,4)5/h7-9,12,15-17,23H,10-11,22H2,1-6H3/t15-,16?,17?,20-/m0/s1. The van der Waals surface area contributed by atoms with Crippen LogP contribution in [0.25, 0.3) is 0 Å². The molecular weight excluding hydrogens is 306 g/mol. The maximum Gasteiger partial charge on any atom is 0.0482 e. The van der Waals surface area contributed by atoms with E-state index in [9.17, 15) is 5.11 Å². The second-order valence-electron chi connectivity index (χ2n) is 8.87. The molecular formula is C20H32ClNO. The summed E-state index contributed by atoms with van der Waals surface area (Å²) in [6.07, 6.45) is 1.22. The van der Waals surface area contributed by atoms with Crippen LogP contribution in [-0.2, 0) is 5.54 Å². The van der Waals surface area contributed by atoms with Gasteiger partial charge in [0, 0.05) is 23.1 Å². The van der Waals surface area contributed by atoms with Gasteiger partial charge in [-0.05, 0) is 53.7 Å². The van der Waals surface area contributed by atoms with Gasteiger partial charge in [-0.3, -0.25) is 0 Å². The van der Waals surface area contributed by atoms with Gasteiger partial charge in [-0.2, -0.15) is 0 Å². The fraction of sp³-hybridized carbons (Fsp3) is 0.700. The molecule has 2 rings (SSSR count). The fourth-order valence-electron chi connectivity index (χ4n) is 3.97. The lowest BCUT2D eigenvalue weighted by molar-refractivity contribution is 0.120. The van der Waals surface area contributed by atoms with E-state index in [-0.39, 0.29) is 12.5 Å². The van der Waals surface area contributed by atoms with E-state index < -0.39 is 5.54 Å². The van der Waals surface area contributed by atoms with Crippen molar-refractivity contribution in [1.82, 2.24) is 0 Å². The Morgan fingerprint density at radius 2 is 1.87 bits per heavy atom. The van der Waals surface area contributed by atoms with Crippen LogP contribution in [0.1, 0.15) is 65.0 Å². The van der Waals surface area contributed by atoms with Crippen LogP contribution in [0.2, 0.25) is 5.02 Å². The maximum absolute atomic E-state index is 9.73. The van der Waals surface area contributed by atoms with Gasteiger partial charge in [0.1, 0.15) is 0 Å². The Morgan fingerprint density at radius 1 is 1.26 bits per heavy atom. The molecule has 3 heteroatoms. The number of aliphatic hydroxyl groups excluding tert-OH is 1. The molecule has 1 aliphatic carbocycles. The summed E-state index contributed by atoms with van der Waals surface area (Å²) in [7, 11) is 0. The zero-order chi connectivity index (χ0) is 17.6. The summed E-state index contributed by atoms with van der Waals surface area (Å²) in [4.78, 5) is 0. The molecule has 1 aromatic carbocycles. The molecule has 0 aliphatic heterocycles. The van der Waals surface area contributed by atoms with Crippen LogP contribution in [0.15, 0.2) is 18.2 Å². The molecule has 1 saturated carbocycles. The number of benzene rings is 1. The van der Waals surface area contributed by atoms with E-state index in [2.05, 4.69) is 46.8 Å². The van der Waals surface area contributed by atoms with Crippen LogP contribution in [0.3, 0.4) is 0 Å². The number of aliphatic hydroxyl groups is 1. The highest BCUT2D eigenvalue weighted by Gasteiger charge is 2.46. The van der Waals surface area contributed by atoms with Crippen molar-refractivity contribution in [2.24, 2.45) is 28.9 Å². The predicted molar refractivity (Wildman–Crippen MR) is 98.7 cm³/mol. The molecule has 1 aliphatic rings. The summed E-state index contributed by atoms with van der Waals surface area (Å²) in [5.74, 6) is 1.59. The monoisotopic (exact) mass is 337 g/mol. The molecule has 0 amide bonds. The van der Waals surface area contributed by atoms with Crippen molar-refractivity contribution in [3.05, 3.63) is 34.3 Å². The third-order valence-corrected chi connectivity index (χ3v) is 6.02. The molecule has 4 atom stereocenters. The van der Waals surface area contributed by atoms with E-state index in [4.69, 9.17) is 17.3 Å². The zero-order valence-electron chi connectivity index (χ0n) is 15.4. The first-order chi connectivity index (χ1) is 10.5. The van der Waals surface area contributed by atoms with Crippen LogP contribution in [0.5, 0.6) is 0 Å². The molecule has 23 heavy (non-hydrogen) atoms. The quantitative estimate of drug-likeness (QED) is 0.800. The van der Waals surface area contributed by atoms with Crippen molar-refractivity contribution in [3.63, 3.8) is 0 Å². The van der Waals surface area contributed by atoms with Gasteiger partial charge >= 0.3 is 0 Å². The number of nitrogens with two attached hydrogens (primary N) is 1. The summed E-state index contributed by atoms with van der Waals surface area (Å²) in [5.41, 5.74) is 8.58. The summed E-state index contributed by atoms with van der Waals surface area (Å²) in [6.45, 7) is 13.2. The molecule has 0 aromatic heterocycles. The topological polar surface area (TPSA) is 46.2 Å². The Labute approximate surface area is 146 Å². The van der Waals surface area contributed by atoms with E-state index >= 15 is 0 Å². The smallest absolute Gasteiger partial charge is 0.0482 e. The summed E-state index contributed by atoms with van der Waals surface area (Å²) in [5, 5.41) is 10.5. The first kappa shape index (κ1) is 18.8. The molecule has 0 radical (unpaired) electrons. The Kier molecular flexibility index (Phi) is 5.21. The van der Waals surface area contributed by atoms with E-state index in [1.54, 1.807) is 0 Å². The minimum Gasteiger partial charge on any atom is -0.396 e. The zero-order valence-corrected chi connectivity index (χ0v) is 16.1. The summed E-state index contributed by atoms with van der Waals surface area (Å²) in [6, 6.07) is 6.26. The van der Waals surface area contributed by atoms with Crippen molar-refractivity contribution in [2.75, 3.05) is 6.61 Å². The van der Waals surface area contributed by atoms with Crippen molar-refractivity contribution in [3.8, 4) is 0 Å². The van der Waals surface area contributed by atoms with Gasteiger partial charge < -0.3 is 10.8 Å². The average Bonchev–Trinajstić information content (AvgIpc) is 3.18. The van der Waals surface area contributed by atoms with Crippen LogP contribution >= 0.6 is 11.6 Å². The van der Waals surface area contributed by atoms with E-state index in [0.717, 1.165) is 10.6 Å². The Balaban J connectivity index is 2.26. The third-order valence-electron chi connectivity index (χ3n) is 5.70. The van der Waals surface area contributed by atoms with Gasteiger partial charge in [0.15, 0.2) is 0 Å². The van der Waals surface area contributed by atoms with E-state index in [1.807, 2.05) is 13.0 Å². The Morgan fingerprint density at radius 3 is 2.26 bits per heavy atom. The number of hydrogen-bond acceptors (Lipinski definition) is 2. The predicted octanol–water partition coefficient (Wildman–Crippen LogP) is 4.93. The Hall–Kier alpha value is -0.570. The van der Waals surface area contributed by atoms with Gasteiger partial charge in [0.2, 0.25) is 0 Å². The largest absolute Gasteiger partial charge is 0.396 e. The van der Waals surface area contributed by atoms with Crippen molar-refractivity contribution in [2.45, 2.75) is 59.4 Å². The highest BCUT2D eigenvalue weighted by atomic mass is 35.5. The molecule has 1 fully saturated rings. The second kappa shape index (κ2) is 6.38. The van der Waals surface area contributed by atoms with E-state index in [0.29, 0.717) is 23.2 Å². The molecule has 130 valence electrons. The first-order valence-corrected chi connectivity index (χ1v) is 9.07. The van der Waals surface area contributed by atoms with E-state index in [1.165, 1.54) is 12.0 Å². The highest BCUT2D eigenvalue weighted by Crippen LogP contribution is 2.58.